The van der Waals surface area contributed by atoms with Gasteiger partial charge in [0.1, 0.15) is 28.8 Å². The van der Waals surface area contributed by atoms with Gasteiger partial charge in [-0.05, 0) is 0 Å². The molecule has 0 atom stereocenters. The zero-order valence-corrected chi connectivity index (χ0v) is 10.5. The quantitative estimate of drug-likeness (QED) is 0.597. The standard InChI is InChI=1S/C5H8N4O.C5H6N4/c1-9-4(6)3(2-8-9)5(7)10;1-9-5(7)4(2-6)3-8-9/h2H,6H2,1H3,(H2,7,10);3H,7H2,1H3. The lowest BCUT2D eigenvalue weighted by atomic mass is 10.3. The highest BCUT2D eigenvalue weighted by Gasteiger charge is 2.08. The van der Waals surface area contributed by atoms with Crippen LogP contribution in [0.2, 0.25) is 0 Å². The number of anilines is 2. The third-order valence-corrected chi connectivity index (χ3v) is 2.36. The summed E-state index contributed by atoms with van der Waals surface area (Å²) in [7, 11) is 3.33. The van der Waals surface area contributed by atoms with E-state index in [2.05, 4.69) is 10.2 Å². The Morgan fingerprint density at radius 3 is 1.95 bits per heavy atom. The molecule has 100 valence electrons. The zero-order valence-electron chi connectivity index (χ0n) is 10.5. The summed E-state index contributed by atoms with van der Waals surface area (Å²) in [6, 6.07) is 1.91. The topological polar surface area (TPSA) is 155 Å². The summed E-state index contributed by atoms with van der Waals surface area (Å²) in [5.74, 6) is 0.163. The van der Waals surface area contributed by atoms with Crippen LogP contribution in [0.1, 0.15) is 15.9 Å². The maximum absolute atomic E-state index is 10.5. The van der Waals surface area contributed by atoms with Crippen molar-refractivity contribution in [2.24, 2.45) is 19.8 Å². The van der Waals surface area contributed by atoms with Crippen molar-refractivity contribution in [1.82, 2.24) is 19.6 Å². The molecule has 6 N–H and O–H groups in total. The van der Waals surface area contributed by atoms with Gasteiger partial charge in [0.2, 0.25) is 0 Å². The number of primary amides is 1. The van der Waals surface area contributed by atoms with E-state index in [1.165, 1.54) is 21.8 Å². The minimum atomic E-state index is -0.550. The fraction of sp³-hybridized carbons (Fsp3) is 0.200. The molecular formula is C10H14N8O. The van der Waals surface area contributed by atoms with E-state index in [0.29, 0.717) is 17.2 Å². The van der Waals surface area contributed by atoms with E-state index >= 15 is 0 Å². The first-order valence-corrected chi connectivity index (χ1v) is 5.13. The highest BCUT2D eigenvalue weighted by molar-refractivity contribution is 5.96. The number of hydrogen-bond acceptors (Lipinski definition) is 6. The van der Waals surface area contributed by atoms with Crippen molar-refractivity contribution >= 4 is 17.5 Å². The van der Waals surface area contributed by atoms with E-state index in [9.17, 15) is 4.79 Å². The Balaban J connectivity index is 0.000000191. The number of nitrogens with zero attached hydrogens (tertiary/aromatic N) is 5. The maximum atomic E-state index is 10.5. The van der Waals surface area contributed by atoms with Crippen molar-refractivity contribution in [3.8, 4) is 6.07 Å². The second-order valence-electron chi connectivity index (χ2n) is 3.61. The first kappa shape index (κ1) is 14.0. The highest BCUT2D eigenvalue weighted by Crippen LogP contribution is 2.06. The maximum Gasteiger partial charge on any atom is 0.254 e. The van der Waals surface area contributed by atoms with Crippen LogP contribution in [0.5, 0.6) is 0 Å². The number of nitrogen functional groups attached to an aromatic ring is 2. The number of rotatable bonds is 1. The second kappa shape index (κ2) is 5.54. The molecule has 1 amide bonds. The summed E-state index contributed by atoms with van der Waals surface area (Å²) in [4.78, 5) is 10.5. The van der Waals surface area contributed by atoms with E-state index in [0.717, 1.165) is 0 Å². The molecule has 0 radical (unpaired) electrons. The predicted octanol–water partition coefficient (Wildman–Crippen LogP) is -1.02. The molecule has 0 saturated heterocycles. The zero-order chi connectivity index (χ0) is 14.6. The molecule has 0 unspecified atom stereocenters. The van der Waals surface area contributed by atoms with E-state index in [-0.39, 0.29) is 5.56 Å². The lowest BCUT2D eigenvalue weighted by Gasteiger charge is -1.93. The molecule has 0 aromatic carbocycles. The Kier molecular flexibility index (Phi) is 4.10. The molecule has 0 fully saturated rings. The third kappa shape index (κ3) is 3.01. The molecule has 0 spiro atoms. The summed E-state index contributed by atoms with van der Waals surface area (Å²) >= 11 is 0. The second-order valence-corrected chi connectivity index (χ2v) is 3.61. The van der Waals surface area contributed by atoms with Crippen LogP contribution in [0.15, 0.2) is 12.4 Å². The van der Waals surface area contributed by atoms with Crippen LogP contribution in [0.4, 0.5) is 11.6 Å². The van der Waals surface area contributed by atoms with Gasteiger partial charge in [0.05, 0.1) is 12.4 Å². The van der Waals surface area contributed by atoms with Gasteiger partial charge in [-0.1, -0.05) is 0 Å². The Bertz CT molecular complexity index is 632. The molecule has 9 nitrogen and oxygen atoms in total. The van der Waals surface area contributed by atoms with Crippen molar-refractivity contribution in [1.29, 1.82) is 5.26 Å². The summed E-state index contributed by atoms with van der Waals surface area (Å²) in [5, 5.41) is 15.8. The number of nitrogens with two attached hydrogens (primary N) is 3. The smallest absolute Gasteiger partial charge is 0.254 e. The van der Waals surface area contributed by atoms with Crippen LogP contribution in [0, 0.1) is 11.3 Å². The number of amides is 1. The average Bonchev–Trinajstić information content (AvgIpc) is 2.86. The van der Waals surface area contributed by atoms with Gasteiger partial charge in [0, 0.05) is 14.1 Å². The van der Waals surface area contributed by atoms with Crippen LogP contribution in [-0.4, -0.2) is 25.5 Å². The molecule has 0 saturated carbocycles. The number of carbonyl (C=O) groups is 1. The van der Waals surface area contributed by atoms with Crippen molar-refractivity contribution in [2.75, 3.05) is 11.5 Å². The lowest BCUT2D eigenvalue weighted by Crippen LogP contribution is -2.12. The van der Waals surface area contributed by atoms with Gasteiger partial charge in [-0.2, -0.15) is 15.5 Å². The van der Waals surface area contributed by atoms with Crippen molar-refractivity contribution in [3.63, 3.8) is 0 Å². The molecule has 9 heteroatoms. The summed E-state index contributed by atoms with van der Waals surface area (Å²) in [5.41, 5.74) is 16.4. The van der Waals surface area contributed by atoms with Gasteiger partial charge in [-0.15, -0.1) is 0 Å². The normalized spacial score (nSPS) is 9.32. The Morgan fingerprint density at radius 1 is 1.21 bits per heavy atom. The molecule has 2 rings (SSSR count). The Morgan fingerprint density at radius 2 is 1.74 bits per heavy atom. The first-order chi connectivity index (χ1) is 8.88. The molecular weight excluding hydrogens is 248 g/mol. The third-order valence-electron chi connectivity index (χ3n) is 2.36. The van der Waals surface area contributed by atoms with Crippen molar-refractivity contribution in [3.05, 3.63) is 23.5 Å². The van der Waals surface area contributed by atoms with E-state index in [1.54, 1.807) is 14.1 Å². The minimum absolute atomic E-state index is 0.266. The molecule has 2 aromatic heterocycles. The summed E-state index contributed by atoms with van der Waals surface area (Å²) < 4.78 is 2.85. The monoisotopic (exact) mass is 262 g/mol. The molecule has 19 heavy (non-hydrogen) atoms. The Labute approximate surface area is 109 Å². The van der Waals surface area contributed by atoms with Gasteiger partial charge in [-0.25, -0.2) is 0 Å². The average molecular weight is 262 g/mol. The molecule has 0 aliphatic carbocycles. The summed E-state index contributed by atoms with van der Waals surface area (Å²) in [6.07, 6.45) is 2.78. The van der Waals surface area contributed by atoms with Gasteiger partial charge < -0.3 is 17.2 Å². The van der Waals surface area contributed by atoms with Crippen LogP contribution in [-0.2, 0) is 14.1 Å². The largest absolute Gasteiger partial charge is 0.383 e. The molecule has 0 bridgehead atoms. The Hall–Kier alpha value is -3.02. The van der Waals surface area contributed by atoms with Crippen LogP contribution in [0.25, 0.3) is 0 Å². The van der Waals surface area contributed by atoms with Crippen LogP contribution >= 0.6 is 0 Å². The van der Waals surface area contributed by atoms with Crippen molar-refractivity contribution in [2.45, 2.75) is 0 Å². The van der Waals surface area contributed by atoms with E-state index in [4.69, 9.17) is 22.5 Å². The lowest BCUT2D eigenvalue weighted by molar-refractivity contribution is 0.100. The number of carbonyl (C=O) groups excluding carboxylic acids is 1. The van der Waals surface area contributed by atoms with Gasteiger partial charge in [0.25, 0.3) is 5.91 Å². The molecule has 2 aromatic rings. The molecule has 2 heterocycles. The van der Waals surface area contributed by atoms with Crippen molar-refractivity contribution < 1.29 is 4.79 Å². The first-order valence-electron chi connectivity index (χ1n) is 5.13. The highest BCUT2D eigenvalue weighted by atomic mass is 16.1. The van der Waals surface area contributed by atoms with Crippen LogP contribution in [0.3, 0.4) is 0 Å². The molecule has 0 aliphatic heterocycles. The fourth-order valence-electron chi connectivity index (χ4n) is 1.17. The fourth-order valence-corrected chi connectivity index (χ4v) is 1.17. The van der Waals surface area contributed by atoms with Gasteiger partial charge in [-0.3, -0.25) is 14.2 Å². The van der Waals surface area contributed by atoms with Gasteiger partial charge in [0.15, 0.2) is 0 Å². The number of hydrogen-bond donors (Lipinski definition) is 3. The summed E-state index contributed by atoms with van der Waals surface area (Å²) in [6.45, 7) is 0. The van der Waals surface area contributed by atoms with Gasteiger partial charge >= 0.3 is 0 Å². The van der Waals surface area contributed by atoms with E-state index < -0.39 is 5.91 Å². The molecule has 0 aliphatic rings. The number of aromatic nitrogens is 4. The predicted molar refractivity (Wildman–Crippen MR) is 68.5 cm³/mol. The minimum Gasteiger partial charge on any atom is -0.383 e. The van der Waals surface area contributed by atoms with Crippen LogP contribution < -0.4 is 17.2 Å². The van der Waals surface area contributed by atoms with E-state index in [1.807, 2.05) is 6.07 Å². The SMILES string of the molecule is Cn1ncc(C#N)c1N.Cn1ncc(C(N)=O)c1N. The number of nitriles is 1. The number of aryl methyl sites for hydroxylation is 2.